The minimum Gasteiger partial charge on any atom is -0.496 e. The number of hydrogen-bond acceptors (Lipinski definition) is 3. The Balaban J connectivity index is 1.77. The van der Waals surface area contributed by atoms with Crippen LogP contribution in [0.2, 0.25) is 0 Å². The third kappa shape index (κ3) is 3.58. The van der Waals surface area contributed by atoms with E-state index in [1.54, 1.807) is 18.0 Å². The fraction of sp³-hybridized carbons (Fsp3) is 0.273. The number of nitrogens with one attached hydrogen (secondary N) is 1. The molecule has 1 aliphatic carbocycles. The van der Waals surface area contributed by atoms with E-state index in [9.17, 15) is 4.79 Å². The van der Waals surface area contributed by atoms with Crippen molar-refractivity contribution in [2.24, 2.45) is 5.92 Å². The summed E-state index contributed by atoms with van der Waals surface area (Å²) in [5.74, 6) is 1.19. The van der Waals surface area contributed by atoms with Crippen molar-refractivity contribution in [3.8, 4) is 22.7 Å². The molecule has 27 heavy (non-hydrogen) atoms. The third-order valence-corrected chi connectivity index (χ3v) is 5.03. The molecule has 1 heterocycles. The lowest BCUT2D eigenvalue weighted by atomic mass is 10.1. The number of ether oxygens (including phenoxy) is 1. The summed E-state index contributed by atoms with van der Waals surface area (Å²) in [6.45, 7) is 2.07. The molecule has 5 nitrogen and oxygen atoms in total. The van der Waals surface area contributed by atoms with Crippen molar-refractivity contribution in [3.63, 3.8) is 0 Å². The molecule has 1 aliphatic rings. The average molecular weight is 361 g/mol. The first-order valence-corrected chi connectivity index (χ1v) is 9.26. The van der Waals surface area contributed by atoms with E-state index in [1.807, 2.05) is 54.6 Å². The topological polar surface area (TPSA) is 56.2 Å². The third-order valence-electron chi connectivity index (χ3n) is 5.03. The Morgan fingerprint density at radius 1 is 1.15 bits per heavy atom. The van der Waals surface area contributed by atoms with Gasteiger partial charge < -0.3 is 10.1 Å². The summed E-state index contributed by atoms with van der Waals surface area (Å²) in [6.07, 6.45) is 4.17. The number of carbonyl (C=O) groups excluding carboxylic acids is 1. The molecule has 138 valence electrons. The van der Waals surface area contributed by atoms with Crippen LogP contribution in [0, 0.1) is 5.92 Å². The van der Waals surface area contributed by atoms with Gasteiger partial charge in [-0.25, -0.2) is 4.68 Å². The molecule has 1 amide bonds. The molecular formula is C22H23N3O2. The van der Waals surface area contributed by atoms with Crippen LogP contribution >= 0.6 is 0 Å². The van der Waals surface area contributed by atoms with Crippen molar-refractivity contribution in [2.75, 3.05) is 7.11 Å². The number of nitrogens with zero attached hydrogens (tertiary/aromatic N) is 2. The van der Waals surface area contributed by atoms with Gasteiger partial charge in [0, 0.05) is 17.8 Å². The van der Waals surface area contributed by atoms with Crippen LogP contribution in [0.3, 0.4) is 0 Å². The minimum absolute atomic E-state index is 0.0995. The predicted octanol–water partition coefficient (Wildman–Crippen LogP) is 4.08. The second-order valence-electron chi connectivity index (χ2n) is 6.97. The Morgan fingerprint density at radius 3 is 2.56 bits per heavy atom. The number of para-hydroxylation sites is 2. The quantitative estimate of drug-likeness (QED) is 0.720. The highest BCUT2D eigenvalue weighted by Crippen LogP contribution is 2.34. The van der Waals surface area contributed by atoms with Gasteiger partial charge in [0.1, 0.15) is 11.4 Å². The van der Waals surface area contributed by atoms with Crippen molar-refractivity contribution < 1.29 is 9.53 Å². The van der Waals surface area contributed by atoms with Crippen LogP contribution < -0.4 is 10.1 Å². The molecular weight excluding hydrogens is 338 g/mol. The molecule has 0 spiro atoms. The van der Waals surface area contributed by atoms with Gasteiger partial charge in [0.25, 0.3) is 5.91 Å². The molecule has 0 unspecified atom stereocenters. The van der Waals surface area contributed by atoms with Gasteiger partial charge in [0.05, 0.1) is 18.4 Å². The van der Waals surface area contributed by atoms with Gasteiger partial charge in [0.15, 0.2) is 0 Å². The van der Waals surface area contributed by atoms with Gasteiger partial charge in [0.2, 0.25) is 0 Å². The lowest BCUT2D eigenvalue weighted by molar-refractivity contribution is 0.0936. The summed E-state index contributed by atoms with van der Waals surface area (Å²) in [7, 11) is 1.63. The van der Waals surface area contributed by atoms with Gasteiger partial charge in [-0.1, -0.05) is 30.3 Å². The predicted molar refractivity (Wildman–Crippen MR) is 105 cm³/mol. The van der Waals surface area contributed by atoms with E-state index in [2.05, 4.69) is 12.2 Å². The molecule has 3 aromatic rings. The number of hydrogen-bond donors (Lipinski definition) is 1. The molecule has 5 heteroatoms. The Morgan fingerprint density at radius 2 is 1.85 bits per heavy atom. The first-order valence-electron chi connectivity index (χ1n) is 9.26. The molecule has 1 atom stereocenters. The van der Waals surface area contributed by atoms with Crippen molar-refractivity contribution in [1.29, 1.82) is 0 Å². The monoisotopic (exact) mass is 361 g/mol. The number of carbonyl (C=O) groups is 1. The van der Waals surface area contributed by atoms with Crippen molar-refractivity contribution in [2.45, 2.75) is 25.8 Å². The summed E-state index contributed by atoms with van der Waals surface area (Å²) in [5.41, 5.74) is 2.88. The van der Waals surface area contributed by atoms with E-state index in [0.29, 0.717) is 22.9 Å². The Kier molecular flexibility index (Phi) is 4.67. The van der Waals surface area contributed by atoms with E-state index in [-0.39, 0.29) is 11.9 Å². The number of benzene rings is 2. The van der Waals surface area contributed by atoms with Crippen molar-refractivity contribution in [3.05, 3.63) is 66.4 Å². The molecule has 0 saturated heterocycles. The molecule has 0 aliphatic heterocycles. The highest BCUT2D eigenvalue weighted by molar-refractivity contribution is 6.00. The van der Waals surface area contributed by atoms with Crippen LogP contribution in [0.4, 0.5) is 0 Å². The molecule has 4 rings (SSSR count). The zero-order valence-corrected chi connectivity index (χ0v) is 15.6. The fourth-order valence-corrected chi connectivity index (χ4v) is 3.29. The summed E-state index contributed by atoms with van der Waals surface area (Å²) in [6, 6.07) is 17.6. The second-order valence-corrected chi connectivity index (χ2v) is 6.97. The number of aromatic nitrogens is 2. The summed E-state index contributed by atoms with van der Waals surface area (Å²) in [5, 5.41) is 7.86. The molecule has 1 N–H and O–H groups in total. The Hall–Kier alpha value is -3.08. The summed E-state index contributed by atoms with van der Waals surface area (Å²) < 4.78 is 7.25. The van der Waals surface area contributed by atoms with E-state index in [4.69, 9.17) is 9.84 Å². The SMILES string of the molecule is COc1ccccc1-c1nn(-c2ccccc2)cc1C(=O)N[C@H](C)C1CC1. The molecule has 1 aromatic heterocycles. The largest absolute Gasteiger partial charge is 0.496 e. The Bertz CT molecular complexity index is 945. The summed E-state index contributed by atoms with van der Waals surface area (Å²) in [4.78, 5) is 13.0. The average Bonchev–Trinajstić information content (AvgIpc) is 3.47. The summed E-state index contributed by atoms with van der Waals surface area (Å²) >= 11 is 0. The molecule has 0 radical (unpaired) electrons. The maximum Gasteiger partial charge on any atom is 0.255 e. The van der Waals surface area contributed by atoms with E-state index in [1.165, 1.54) is 12.8 Å². The molecule has 1 saturated carbocycles. The lowest BCUT2D eigenvalue weighted by Gasteiger charge is -2.13. The van der Waals surface area contributed by atoms with Crippen molar-refractivity contribution >= 4 is 5.91 Å². The molecule has 0 bridgehead atoms. The standard InChI is InChI=1S/C22H23N3O2/c1-15(16-12-13-16)23-22(26)19-14-25(17-8-4-3-5-9-17)24-21(19)18-10-6-7-11-20(18)27-2/h3-11,14-16H,12-13H2,1-2H3,(H,23,26)/t15-/m1/s1. The van der Waals surface area contributed by atoms with Gasteiger partial charge >= 0.3 is 0 Å². The smallest absolute Gasteiger partial charge is 0.255 e. The van der Waals surface area contributed by atoms with Crippen molar-refractivity contribution in [1.82, 2.24) is 15.1 Å². The van der Waals surface area contributed by atoms with Crippen LogP contribution in [-0.4, -0.2) is 28.8 Å². The van der Waals surface area contributed by atoms with Gasteiger partial charge in [-0.2, -0.15) is 5.10 Å². The number of rotatable bonds is 6. The highest BCUT2D eigenvalue weighted by atomic mass is 16.5. The first-order chi connectivity index (χ1) is 13.2. The van der Waals surface area contributed by atoms with Gasteiger partial charge in [-0.15, -0.1) is 0 Å². The first kappa shape index (κ1) is 17.3. The van der Waals surface area contributed by atoms with Crippen LogP contribution in [0.5, 0.6) is 5.75 Å². The second kappa shape index (κ2) is 7.27. The van der Waals surface area contributed by atoms with Crippen LogP contribution in [0.15, 0.2) is 60.8 Å². The maximum atomic E-state index is 13.0. The number of amides is 1. The number of methoxy groups -OCH3 is 1. The van der Waals surface area contributed by atoms with E-state index >= 15 is 0 Å². The zero-order chi connectivity index (χ0) is 18.8. The van der Waals surface area contributed by atoms with Gasteiger partial charge in [-0.05, 0) is 49.9 Å². The minimum atomic E-state index is -0.0995. The Labute approximate surface area is 159 Å². The fourth-order valence-electron chi connectivity index (χ4n) is 3.29. The van der Waals surface area contributed by atoms with Gasteiger partial charge in [-0.3, -0.25) is 4.79 Å². The maximum absolute atomic E-state index is 13.0. The zero-order valence-electron chi connectivity index (χ0n) is 15.6. The van der Waals surface area contributed by atoms with Crippen LogP contribution in [0.1, 0.15) is 30.1 Å². The van der Waals surface area contributed by atoms with Crippen LogP contribution in [0.25, 0.3) is 16.9 Å². The lowest BCUT2D eigenvalue weighted by Crippen LogP contribution is -2.34. The molecule has 1 fully saturated rings. The van der Waals surface area contributed by atoms with E-state index in [0.717, 1.165) is 11.3 Å². The normalized spacial score (nSPS) is 14.6. The van der Waals surface area contributed by atoms with E-state index < -0.39 is 0 Å². The van der Waals surface area contributed by atoms with Crippen LogP contribution in [-0.2, 0) is 0 Å². The highest BCUT2D eigenvalue weighted by Gasteiger charge is 2.30. The molecule has 2 aromatic carbocycles.